The molecule has 1 nitrogen and oxygen atoms in total. The first kappa shape index (κ1) is 9.73. The van der Waals surface area contributed by atoms with Gasteiger partial charge in [-0.25, -0.2) is 0 Å². The molecule has 0 amide bonds. The molecular formula is C8H14ClN. The molecule has 0 N–H and O–H groups in total. The molecule has 0 aliphatic heterocycles. The molecule has 0 aromatic carbocycles. The van der Waals surface area contributed by atoms with E-state index < -0.39 is 0 Å². The Bertz CT molecular complexity index is 110. The molecule has 0 aliphatic rings. The first-order chi connectivity index (χ1) is 4.85. The van der Waals surface area contributed by atoms with Crippen molar-refractivity contribution in [3.8, 4) is 0 Å². The van der Waals surface area contributed by atoms with Crippen LogP contribution >= 0.6 is 11.6 Å². The molecule has 10 heavy (non-hydrogen) atoms. The molecule has 0 aromatic heterocycles. The molecule has 0 bridgehead atoms. The van der Waals surface area contributed by atoms with Gasteiger partial charge in [0.15, 0.2) is 0 Å². The molecule has 0 heterocycles. The summed E-state index contributed by atoms with van der Waals surface area (Å²) < 4.78 is 0. The smallest absolute Gasteiger partial charge is 0.0177 e. The molecule has 0 saturated carbocycles. The van der Waals surface area contributed by atoms with Crippen molar-refractivity contribution in [2.45, 2.75) is 6.92 Å². The highest BCUT2D eigenvalue weighted by Crippen LogP contribution is 1.89. The molecule has 58 valence electrons. The standard InChI is InChI=1S/C8H14ClN/c1-3-7-10(4-2)8-5-6-9/h3,5-6H,1,4,7-8H2,2H3/b6-5+. The third kappa shape index (κ3) is 4.59. The van der Waals surface area contributed by atoms with E-state index in [2.05, 4.69) is 18.4 Å². The van der Waals surface area contributed by atoms with Crippen LogP contribution in [0.1, 0.15) is 6.92 Å². The largest absolute Gasteiger partial charge is 0.296 e. The van der Waals surface area contributed by atoms with Crippen molar-refractivity contribution in [1.29, 1.82) is 0 Å². The SMILES string of the molecule is C=CCN(CC)C/C=C/Cl. The Balaban J connectivity index is 3.48. The first-order valence-corrected chi connectivity index (χ1v) is 3.87. The van der Waals surface area contributed by atoms with Crippen LogP contribution in [0.15, 0.2) is 24.3 Å². The van der Waals surface area contributed by atoms with Crippen LogP contribution in [-0.2, 0) is 0 Å². The molecule has 0 aromatic rings. The maximum Gasteiger partial charge on any atom is 0.0177 e. The minimum atomic E-state index is 0.909. The highest BCUT2D eigenvalue weighted by molar-refractivity contribution is 6.25. The van der Waals surface area contributed by atoms with Gasteiger partial charge in [-0.2, -0.15) is 0 Å². The van der Waals surface area contributed by atoms with E-state index in [1.807, 2.05) is 12.2 Å². The van der Waals surface area contributed by atoms with E-state index in [9.17, 15) is 0 Å². The number of hydrogen-bond donors (Lipinski definition) is 0. The van der Waals surface area contributed by atoms with Crippen molar-refractivity contribution in [3.63, 3.8) is 0 Å². The van der Waals surface area contributed by atoms with Crippen molar-refractivity contribution in [2.75, 3.05) is 19.6 Å². The summed E-state index contributed by atoms with van der Waals surface area (Å²) in [7, 11) is 0. The number of hydrogen-bond acceptors (Lipinski definition) is 1. The van der Waals surface area contributed by atoms with Gasteiger partial charge in [0.2, 0.25) is 0 Å². The van der Waals surface area contributed by atoms with Gasteiger partial charge in [0.1, 0.15) is 0 Å². The van der Waals surface area contributed by atoms with Crippen LogP contribution in [0.3, 0.4) is 0 Å². The fourth-order valence-corrected chi connectivity index (χ4v) is 0.784. The summed E-state index contributed by atoms with van der Waals surface area (Å²) in [5, 5.41) is 0. The zero-order valence-electron chi connectivity index (χ0n) is 6.39. The molecule has 2 heteroatoms. The Morgan fingerprint density at radius 2 is 2.20 bits per heavy atom. The van der Waals surface area contributed by atoms with Crippen molar-refractivity contribution < 1.29 is 0 Å². The zero-order valence-corrected chi connectivity index (χ0v) is 7.14. The van der Waals surface area contributed by atoms with E-state index in [4.69, 9.17) is 11.6 Å². The molecule has 0 fully saturated rings. The molecule has 0 rings (SSSR count). The summed E-state index contributed by atoms with van der Waals surface area (Å²) in [6, 6.07) is 0. The van der Waals surface area contributed by atoms with Crippen LogP contribution in [0.4, 0.5) is 0 Å². The molecule has 0 aliphatic carbocycles. The van der Waals surface area contributed by atoms with Crippen molar-refractivity contribution >= 4 is 11.6 Å². The average molecular weight is 160 g/mol. The lowest BCUT2D eigenvalue weighted by molar-refractivity contribution is 0.355. The highest BCUT2D eigenvalue weighted by Gasteiger charge is 1.93. The van der Waals surface area contributed by atoms with Crippen LogP contribution < -0.4 is 0 Å². The summed E-state index contributed by atoms with van der Waals surface area (Å²) in [6.45, 7) is 8.65. The maximum absolute atomic E-state index is 5.37. The van der Waals surface area contributed by atoms with Crippen molar-refractivity contribution in [1.82, 2.24) is 4.90 Å². The predicted octanol–water partition coefficient (Wildman–Crippen LogP) is 2.25. The van der Waals surface area contributed by atoms with Gasteiger partial charge in [-0.15, -0.1) is 6.58 Å². The Morgan fingerprint density at radius 3 is 2.60 bits per heavy atom. The average Bonchev–Trinajstić information content (AvgIpc) is 1.98. The summed E-state index contributed by atoms with van der Waals surface area (Å²) in [5.41, 5.74) is 1.55. The Kier molecular flexibility index (Phi) is 6.66. The van der Waals surface area contributed by atoms with Gasteiger partial charge in [-0.3, -0.25) is 4.90 Å². The predicted molar refractivity (Wildman–Crippen MR) is 47.3 cm³/mol. The summed E-state index contributed by atoms with van der Waals surface area (Å²) in [6.07, 6.45) is 3.82. The van der Waals surface area contributed by atoms with Gasteiger partial charge in [-0.1, -0.05) is 30.7 Å². The topological polar surface area (TPSA) is 3.24 Å². The van der Waals surface area contributed by atoms with Gasteiger partial charge in [0, 0.05) is 18.6 Å². The Hall–Kier alpha value is -0.270. The van der Waals surface area contributed by atoms with Crippen LogP contribution in [0.5, 0.6) is 0 Å². The van der Waals surface area contributed by atoms with Crippen molar-refractivity contribution in [3.05, 3.63) is 24.3 Å². The second-order valence-corrected chi connectivity index (χ2v) is 2.25. The number of halogens is 1. The molecule has 0 atom stereocenters. The van der Waals surface area contributed by atoms with Gasteiger partial charge in [0.05, 0.1) is 0 Å². The molecular weight excluding hydrogens is 146 g/mol. The lowest BCUT2D eigenvalue weighted by Gasteiger charge is -2.14. The molecule has 0 radical (unpaired) electrons. The van der Waals surface area contributed by atoms with Gasteiger partial charge in [-0.05, 0) is 6.54 Å². The summed E-state index contributed by atoms with van der Waals surface area (Å²) in [4.78, 5) is 2.23. The fourth-order valence-electron chi connectivity index (χ4n) is 0.704. The Labute approximate surface area is 68.0 Å². The summed E-state index contributed by atoms with van der Waals surface area (Å²) >= 11 is 5.37. The van der Waals surface area contributed by atoms with Crippen molar-refractivity contribution in [2.24, 2.45) is 0 Å². The third-order valence-corrected chi connectivity index (χ3v) is 1.47. The number of nitrogens with zero attached hydrogens (tertiary/aromatic N) is 1. The first-order valence-electron chi connectivity index (χ1n) is 3.43. The zero-order chi connectivity index (χ0) is 7.82. The van der Waals surface area contributed by atoms with E-state index >= 15 is 0 Å². The second-order valence-electron chi connectivity index (χ2n) is 2.00. The monoisotopic (exact) mass is 159 g/mol. The van der Waals surface area contributed by atoms with Crippen LogP contribution in [0.25, 0.3) is 0 Å². The number of likely N-dealkylation sites (N-methyl/N-ethyl adjacent to an activating group) is 1. The molecule has 0 unspecified atom stereocenters. The van der Waals surface area contributed by atoms with E-state index in [1.54, 1.807) is 5.54 Å². The van der Waals surface area contributed by atoms with Gasteiger partial charge < -0.3 is 0 Å². The number of rotatable bonds is 5. The van der Waals surface area contributed by atoms with Gasteiger partial charge >= 0.3 is 0 Å². The van der Waals surface area contributed by atoms with Gasteiger partial charge in [0.25, 0.3) is 0 Å². The maximum atomic E-state index is 5.37. The lowest BCUT2D eigenvalue weighted by Crippen LogP contribution is -2.23. The highest BCUT2D eigenvalue weighted by atomic mass is 35.5. The normalized spacial score (nSPS) is 11.1. The minimum Gasteiger partial charge on any atom is -0.296 e. The summed E-state index contributed by atoms with van der Waals surface area (Å²) in [5.74, 6) is 0. The van der Waals surface area contributed by atoms with E-state index in [0.717, 1.165) is 19.6 Å². The van der Waals surface area contributed by atoms with Crippen LogP contribution in [0.2, 0.25) is 0 Å². The minimum absolute atomic E-state index is 0.909. The van der Waals surface area contributed by atoms with Crippen LogP contribution in [-0.4, -0.2) is 24.5 Å². The van der Waals surface area contributed by atoms with E-state index in [-0.39, 0.29) is 0 Å². The van der Waals surface area contributed by atoms with E-state index in [0.29, 0.717) is 0 Å². The quantitative estimate of drug-likeness (QED) is 0.557. The fraction of sp³-hybridized carbons (Fsp3) is 0.500. The molecule has 0 spiro atoms. The van der Waals surface area contributed by atoms with E-state index in [1.165, 1.54) is 0 Å². The Morgan fingerprint density at radius 1 is 1.50 bits per heavy atom. The van der Waals surface area contributed by atoms with Crippen LogP contribution in [0, 0.1) is 0 Å². The lowest BCUT2D eigenvalue weighted by atomic mass is 10.4. The molecule has 0 saturated heterocycles. The third-order valence-electron chi connectivity index (χ3n) is 1.29. The second kappa shape index (κ2) is 6.84.